The van der Waals surface area contributed by atoms with Gasteiger partial charge in [0.25, 0.3) is 8.32 Å². The van der Waals surface area contributed by atoms with Gasteiger partial charge in [-0.05, 0) is 34.5 Å². The molecule has 0 saturated carbocycles. The monoisotopic (exact) mass is 378 g/mol. The molecule has 2 nitrogen and oxygen atoms in total. The molecular weight excluding hydrogens is 348 g/mol. The van der Waals surface area contributed by atoms with Crippen LogP contribution < -0.4 is 10.4 Å². The Labute approximate surface area is 164 Å². The van der Waals surface area contributed by atoms with Crippen LogP contribution >= 0.6 is 0 Å². The largest absolute Gasteiger partial charge is 0.398 e. The molecule has 1 aliphatic rings. The molecule has 1 aliphatic heterocycles. The van der Waals surface area contributed by atoms with Gasteiger partial charge in [-0.25, -0.2) is 0 Å². The molecule has 0 radical (unpaired) electrons. The molecule has 0 saturated heterocycles. The maximum atomic E-state index is 7.07. The quantitative estimate of drug-likeness (QED) is 0.665. The van der Waals surface area contributed by atoms with E-state index in [2.05, 4.69) is 86.7 Å². The Morgan fingerprint density at radius 2 is 1.59 bits per heavy atom. The van der Waals surface area contributed by atoms with Crippen LogP contribution in [0.4, 0.5) is 0 Å². The second-order valence-corrected chi connectivity index (χ2v) is 10.3. The first-order valence-electron chi connectivity index (χ1n) is 9.92. The van der Waals surface area contributed by atoms with Gasteiger partial charge in [0, 0.05) is 7.11 Å². The van der Waals surface area contributed by atoms with E-state index in [9.17, 15) is 0 Å². The average Bonchev–Trinajstić information content (AvgIpc) is 2.73. The molecule has 3 rings (SSSR count). The first kappa shape index (κ1) is 19.8. The van der Waals surface area contributed by atoms with Crippen molar-refractivity contribution in [2.75, 3.05) is 13.7 Å². The molecule has 142 valence electrons. The highest BCUT2D eigenvalue weighted by Crippen LogP contribution is 2.32. The topological polar surface area (TPSA) is 18.5 Å². The molecule has 0 aliphatic carbocycles. The second-order valence-electron chi connectivity index (χ2n) is 7.04. The molecule has 2 aromatic carbocycles. The first-order valence-corrected chi connectivity index (χ1v) is 11.8. The van der Waals surface area contributed by atoms with Crippen LogP contribution in [0.25, 0.3) is 0 Å². The Hall–Kier alpha value is -1.94. The zero-order valence-electron chi connectivity index (χ0n) is 16.7. The van der Waals surface area contributed by atoms with E-state index in [4.69, 9.17) is 9.16 Å². The highest BCUT2D eigenvalue weighted by molar-refractivity contribution is 7.03. The van der Waals surface area contributed by atoms with Crippen LogP contribution in [0, 0.1) is 0 Å². The van der Waals surface area contributed by atoms with E-state index in [1.54, 1.807) is 7.11 Å². The Morgan fingerprint density at radius 3 is 2.07 bits per heavy atom. The molecule has 3 heteroatoms. The van der Waals surface area contributed by atoms with Crippen LogP contribution in [-0.4, -0.2) is 28.1 Å². The van der Waals surface area contributed by atoms with Crippen molar-refractivity contribution in [3.05, 3.63) is 83.6 Å². The molecule has 2 aromatic rings. The normalized spacial score (nSPS) is 20.5. The van der Waals surface area contributed by atoms with Crippen molar-refractivity contribution in [3.8, 4) is 0 Å². The zero-order valence-corrected chi connectivity index (χ0v) is 17.7. The smallest absolute Gasteiger partial charge is 0.288 e. The Balaban J connectivity index is 2.22. The summed E-state index contributed by atoms with van der Waals surface area (Å²) < 4.78 is 12.7. The number of unbranched alkanes of at least 4 members (excludes halogenated alkanes) is 1. The Kier molecular flexibility index (Phi) is 6.83. The lowest BCUT2D eigenvalue weighted by atomic mass is 10.1. The van der Waals surface area contributed by atoms with E-state index in [0.717, 1.165) is 6.42 Å². The standard InChI is InChI=1S/C24H30O2Si/c1-4-6-13-21-18-20(19-25-3)24(5-2)27(26-21,22-14-9-7-10-15-22)23-16-11-8-12-17-23/h5,7-12,14-18,21H,4,6,13,19H2,1-3H3/b24-5+. The fourth-order valence-corrected chi connectivity index (χ4v) is 8.37. The van der Waals surface area contributed by atoms with Gasteiger partial charge in [0.2, 0.25) is 0 Å². The van der Waals surface area contributed by atoms with Crippen LogP contribution in [0.2, 0.25) is 0 Å². The van der Waals surface area contributed by atoms with Crippen molar-refractivity contribution >= 4 is 18.7 Å². The molecule has 1 atom stereocenters. The van der Waals surface area contributed by atoms with Gasteiger partial charge < -0.3 is 9.16 Å². The maximum Gasteiger partial charge on any atom is 0.288 e. The maximum absolute atomic E-state index is 7.07. The number of ether oxygens (including phenoxy) is 1. The van der Waals surface area contributed by atoms with Crippen molar-refractivity contribution < 1.29 is 9.16 Å². The minimum atomic E-state index is -2.56. The number of hydrogen-bond acceptors (Lipinski definition) is 2. The Morgan fingerprint density at radius 1 is 1.00 bits per heavy atom. The molecular formula is C24H30O2Si. The number of methoxy groups -OCH3 is 1. The minimum Gasteiger partial charge on any atom is -0.398 e. The zero-order chi connectivity index (χ0) is 19.1. The fraction of sp³-hybridized carbons (Fsp3) is 0.333. The summed E-state index contributed by atoms with van der Waals surface area (Å²) in [6.07, 6.45) is 8.06. The van der Waals surface area contributed by atoms with E-state index in [0.29, 0.717) is 6.61 Å². The van der Waals surface area contributed by atoms with Crippen molar-refractivity contribution in [2.24, 2.45) is 0 Å². The van der Waals surface area contributed by atoms with Gasteiger partial charge in [0.15, 0.2) is 0 Å². The summed E-state index contributed by atoms with van der Waals surface area (Å²) in [5, 5.41) is 3.91. The lowest BCUT2D eigenvalue weighted by Crippen LogP contribution is -2.65. The van der Waals surface area contributed by atoms with Crippen LogP contribution in [-0.2, 0) is 9.16 Å². The number of rotatable bonds is 7. The van der Waals surface area contributed by atoms with E-state index in [1.165, 1.54) is 34.0 Å². The number of allylic oxidation sites excluding steroid dienone is 1. The minimum absolute atomic E-state index is 0.130. The summed E-state index contributed by atoms with van der Waals surface area (Å²) in [5.74, 6) is 0. The van der Waals surface area contributed by atoms with Crippen LogP contribution in [0.3, 0.4) is 0 Å². The first-order chi connectivity index (χ1) is 13.3. The van der Waals surface area contributed by atoms with Crippen LogP contribution in [0.15, 0.2) is 83.6 Å². The van der Waals surface area contributed by atoms with Gasteiger partial charge in [-0.1, -0.05) is 92.6 Å². The van der Waals surface area contributed by atoms with Crippen molar-refractivity contribution in [1.29, 1.82) is 0 Å². The van der Waals surface area contributed by atoms with Crippen LogP contribution in [0.1, 0.15) is 33.1 Å². The number of hydrogen-bond donors (Lipinski definition) is 0. The molecule has 0 amide bonds. The predicted octanol–water partition coefficient (Wildman–Crippen LogP) is 4.39. The van der Waals surface area contributed by atoms with E-state index in [-0.39, 0.29) is 6.10 Å². The lowest BCUT2D eigenvalue weighted by molar-refractivity contribution is 0.207. The molecule has 0 aromatic heterocycles. The molecule has 0 bridgehead atoms. The van der Waals surface area contributed by atoms with Gasteiger partial charge in [0.05, 0.1) is 12.7 Å². The van der Waals surface area contributed by atoms with Gasteiger partial charge in [-0.2, -0.15) is 0 Å². The van der Waals surface area contributed by atoms with Crippen LogP contribution in [0.5, 0.6) is 0 Å². The third-order valence-corrected chi connectivity index (χ3v) is 9.55. The second kappa shape index (κ2) is 9.31. The van der Waals surface area contributed by atoms with Gasteiger partial charge in [-0.15, -0.1) is 0 Å². The third-order valence-electron chi connectivity index (χ3n) is 5.23. The number of benzene rings is 2. The highest BCUT2D eigenvalue weighted by atomic mass is 28.4. The summed E-state index contributed by atoms with van der Waals surface area (Å²) in [5.41, 5.74) is 1.28. The van der Waals surface area contributed by atoms with E-state index in [1.807, 2.05) is 0 Å². The summed E-state index contributed by atoms with van der Waals surface area (Å²) in [6, 6.07) is 21.6. The van der Waals surface area contributed by atoms with Crippen molar-refractivity contribution in [1.82, 2.24) is 0 Å². The molecule has 1 heterocycles. The van der Waals surface area contributed by atoms with E-state index >= 15 is 0 Å². The summed E-state index contributed by atoms with van der Waals surface area (Å²) in [6.45, 7) is 4.99. The Bertz CT molecular complexity index is 741. The van der Waals surface area contributed by atoms with Gasteiger partial charge >= 0.3 is 0 Å². The molecule has 0 fully saturated rings. The third kappa shape index (κ3) is 4.01. The molecule has 27 heavy (non-hydrogen) atoms. The fourth-order valence-electron chi connectivity index (χ4n) is 4.04. The van der Waals surface area contributed by atoms with Crippen molar-refractivity contribution in [2.45, 2.75) is 39.2 Å². The van der Waals surface area contributed by atoms with Gasteiger partial charge in [0.1, 0.15) is 0 Å². The highest BCUT2D eigenvalue weighted by Gasteiger charge is 2.48. The van der Waals surface area contributed by atoms with Crippen molar-refractivity contribution in [3.63, 3.8) is 0 Å². The molecule has 0 spiro atoms. The van der Waals surface area contributed by atoms with E-state index < -0.39 is 8.32 Å². The SMILES string of the molecule is C/C=C1\C(COC)=CC(CCCC)O[Si]1(c1ccccc1)c1ccccc1. The average molecular weight is 379 g/mol. The lowest BCUT2D eigenvalue weighted by Gasteiger charge is -2.42. The summed E-state index contributed by atoms with van der Waals surface area (Å²) >= 11 is 0. The predicted molar refractivity (Wildman–Crippen MR) is 116 cm³/mol. The summed E-state index contributed by atoms with van der Waals surface area (Å²) in [4.78, 5) is 0. The summed E-state index contributed by atoms with van der Waals surface area (Å²) in [7, 11) is -0.788. The molecule has 0 N–H and O–H groups in total. The molecule has 1 unspecified atom stereocenters. The van der Waals surface area contributed by atoms with Gasteiger partial charge in [-0.3, -0.25) is 0 Å².